The molecule has 1 saturated carbocycles. The summed E-state index contributed by atoms with van der Waals surface area (Å²) < 4.78 is 32.7. The van der Waals surface area contributed by atoms with Gasteiger partial charge in [0.2, 0.25) is 0 Å². The van der Waals surface area contributed by atoms with Crippen LogP contribution in [0.4, 0.5) is 0 Å². The maximum Gasteiger partial charge on any atom is 0.303 e. The molecule has 0 amide bonds. The number of rotatable bonds is 7. The smallest absolute Gasteiger partial charge is 0.303 e. The molecule has 0 aromatic heterocycles. The first-order chi connectivity index (χ1) is 11.8. The van der Waals surface area contributed by atoms with Gasteiger partial charge in [-0.2, -0.15) is 0 Å². The van der Waals surface area contributed by atoms with Gasteiger partial charge in [0.15, 0.2) is 18.2 Å². The third kappa shape index (κ3) is 3.78. The summed E-state index contributed by atoms with van der Waals surface area (Å²) in [7, 11) is 4.53. The zero-order valence-electron chi connectivity index (χ0n) is 15.0. The van der Waals surface area contributed by atoms with Crippen molar-refractivity contribution in [2.24, 2.45) is 11.8 Å². The second-order valence-electron chi connectivity index (χ2n) is 6.27. The van der Waals surface area contributed by atoms with Crippen molar-refractivity contribution in [3.05, 3.63) is 0 Å². The molecule has 0 spiro atoms. The molecular weight excluding hydrogens is 356 g/mol. The lowest BCUT2D eigenvalue weighted by Gasteiger charge is -2.32. The summed E-state index contributed by atoms with van der Waals surface area (Å²) in [6, 6.07) is 0. The molecule has 0 N–H and O–H groups in total. The first-order valence-electron chi connectivity index (χ1n) is 8.01. The lowest BCUT2D eigenvalue weighted by atomic mass is 9.85. The van der Waals surface area contributed by atoms with E-state index < -0.39 is 47.5 Å². The van der Waals surface area contributed by atoms with Gasteiger partial charge < -0.3 is 28.4 Å². The zero-order chi connectivity index (χ0) is 18.8. The van der Waals surface area contributed by atoms with E-state index in [9.17, 15) is 9.59 Å². The minimum Gasteiger partial charge on any atom is -0.461 e. The highest BCUT2D eigenvalue weighted by atomic mass is 35.5. The molecule has 144 valence electrons. The Bertz CT molecular complexity index is 497. The monoisotopic (exact) mass is 380 g/mol. The SMILES string of the molecule is COC(C[C@H]1[C@H](OC(C)=O)[C@@H](Cl)[C@@]2(OC(C)=O)COC(OC)[C@@H]12)OC. The van der Waals surface area contributed by atoms with E-state index in [4.69, 9.17) is 40.0 Å². The molecule has 0 aromatic carbocycles. The number of carbonyl (C=O) groups excluding carboxylic acids is 2. The quantitative estimate of drug-likeness (QED) is 0.368. The summed E-state index contributed by atoms with van der Waals surface area (Å²) in [6.07, 6.45) is -1.53. The first kappa shape index (κ1) is 20.4. The van der Waals surface area contributed by atoms with Crippen molar-refractivity contribution in [1.29, 1.82) is 0 Å². The molecule has 2 aliphatic rings. The van der Waals surface area contributed by atoms with E-state index in [1.165, 1.54) is 35.2 Å². The van der Waals surface area contributed by atoms with Gasteiger partial charge in [-0.05, 0) is 0 Å². The minimum absolute atomic E-state index is 0.0583. The van der Waals surface area contributed by atoms with E-state index in [1.807, 2.05) is 0 Å². The van der Waals surface area contributed by atoms with Crippen molar-refractivity contribution >= 4 is 23.5 Å². The number of hydrogen-bond acceptors (Lipinski definition) is 8. The zero-order valence-corrected chi connectivity index (χ0v) is 15.8. The average Bonchev–Trinajstić information content (AvgIpc) is 3.00. The number of methoxy groups -OCH3 is 3. The predicted octanol–water partition coefficient (Wildman–Crippen LogP) is 1.09. The lowest BCUT2D eigenvalue weighted by molar-refractivity contribution is -0.167. The van der Waals surface area contributed by atoms with Crippen LogP contribution in [-0.2, 0) is 38.0 Å². The summed E-state index contributed by atoms with van der Waals surface area (Å²) in [5.74, 6) is -1.74. The molecule has 1 unspecified atom stereocenters. The second-order valence-corrected chi connectivity index (χ2v) is 6.74. The fourth-order valence-corrected chi connectivity index (χ4v) is 4.43. The Hall–Kier alpha value is -0.930. The Morgan fingerprint density at radius 1 is 1.20 bits per heavy atom. The van der Waals surface area contributed by atoms with Crippen LogP contribution in [0.15, 0.2) is 0 Å². The van der Waals surface area contributed by atoms with E-state index in [1.54, 1.807) is 0 Å². The molecule has 1 aliphatic heterocycles. The van der Waals surface area contributed by atoms with Gasteiger partial charge in [-0.25, -0.2) is 0 Å². The van der Waals surface area contributed by atoms with Crippen LogP contribution >= 0.6 is 11.6 Å². The summed E-state index contributed by atoms with van der Waals surface area (Å²) in [6.45, 7) is 2.67. The fraction of sp³-hybridized carbons (Fsp3) is 0.875. The normalized spacial score (nSPS) is 37.2. The van der Waals surface area contributed by atoms with Crippen molar-refractivity contribution in [3.8, 4) is 0 Å². The number of halogens is 1. The third-order valence-electron chi connectivity index (χ3n) is 4.83. The highest BCUT2D eigenvalue weighted by Gasteiger charge is 2.70. The van der Waals surface area contributed by atoms with Crippen LogP contribution in [-0.4, -0.2) is 69.5 Å². The Balaban J connectivity index is 2.43. The van der Waals surface area contributed by atoms with Gasteiger partial charge in [0.1, 0.15) is 11.5 Å². The van der Waals surface area contributed by atoms with Crippen LogP contribution in [0.25, 0.3) is 0 Å². The predicted molar refractivity (Wildman–Crippen MR) is 85.8 cm³/mol. The second kappa shape index (κ2) is 8.18. The standard InChI is InChI=1S/C16H25ClO8/c1-8(18)24-13-10(6-11(20-3)21-4)12-15(22-5)23-7-16(12,14(13)17)25-9(2)19/h10-15H,6-7H2,1-5H3/t10-,12-,13+,14-,15?,16-/m1/s1. The number of alkyl halides is 1. The molecule has 1 saturated heterocycles. The summed E-state index contributed by atoms with van der Waals surface area (Å²) in [5, 5.41) is -0.787. The molecule has 2 rings (SSSR count). The number of ether oxygens (including phenoxy) is 6. The van der Waals surface area contributed by atoms with E-state index in [2.05, 4.69) is 0 Å². The number of carbonyl (C=O) groups is 2. The van der Waals surface area contributed by atoms with E-state index in [0.717, 1.165) is 0 Å². The summed E-state index contributed by atoms with van der Waals surface area (Å²) in [4.78, 5) is 23.3. The Kier molecular flexibility index (Phi) is 6.67. The fourth-order valence-electron chi connectivity index (χ4n) is 3.94. The maximum atomic E-state index is 11.7. The van der Waals surface area contributed by atoms with Gasteiger partial charge in [0, 0.05) is 47.5 Å². The van der Waals surface area contributed by atoms with Crippen molar-refractivity contribution < 1.29 is 38.0 Å². The Morgan fingerprint density at radius 3 is 2.32 bits per heavy atom. The molecular formula is C16H25ClO8. The molecule has 0 radical (unpaired) electrons. The molecule has 9 heteroatoms. The molecule has 25 heavy (non-hydrogen) atoms. The highest BCUT2D eigenvalue weighted by molar-refractivity contribution is 6.22. The minimum atomic E-state index is -1.15. The topological polar surface area (TPSA) is 89.5 Å². The van der Waals surface area contributed by atoms with Gasteiger partial charge in [-0.15, -0.1) is 11.6 Å². The van der Waals surface area contributed by atoms with Gasteiger partial charge in [0.25, 0.3) is 0 Å². The Labute approximate surface area is 152 Å². The third-order valence-corrected chi connectivity index (χ3v) is 5.45. The molecule has 0 bridgehead atoms. The van der Waals surface area contributed by atoms with E-state index >= 15 is 0 Å². The summed E-state index contributed by atoms with van der Waals surface area (Å²) >= 11 is 6.64. The van der Waals surface area contributed by atoms with Crippen molar-refractivity contribution in [2.75, 3.05) is 27.9 Å². The molecule has 8 nitrogen and oxygen atoms in total. The van der Waals surface area contributed by atoms with Crippen LogP contribution in [0, 0.1) is 11.8 Å². The van der Waals surface area contributed by atoms with Crippen LogP contribution in [0.3, 0.4) is 0 Å². The number of fused-ring (bicyclic) bond motifs is 1. The molecule has 0 aromatic rings. The van der Waals surface area contributed by atoms with Crippen LogP contribution in [0.5, 0.6) is 0 Å². The maximum absolute atomic E-state index is 11.7. The summed E-state index contributed by atoms with van der Waals surface area (Å²) in [5.41, 5.74) is -1.15. The highest BCUT2D eigenvalue weighted by Crippen LogP contribution is 2.55. The average molecular weight is 381 g/mol. The molecule has 1 aliphatic carbocycles. The van der Waals surface area contributed by atoms with Crippen molar-refractivity contribution in [3.63, 3.8) is 0 Å². The van der Waals surface area contributed by atoms with E-state index in [0.29, 0.717) is 6.42 Å². The van der Waals surface area contributed by atoms with E-state index in [-0.39, 0.29) is 12.5 Å². The number of esters is 2. The van der Waals surface area contributed by atoms with Gasteiger partial charge in [-0.1, -0.05) is 0 Å². The van der Waals surface area contributed by atoms with Crippen LogP contribution in [0.2, 0.25) is 0 Å². The lowest BCUT2D eigenvalue weighted by Crippen LogP contribution is -2.48. The number of hydrogen-bond donors (Lipinski definition) is 0. The van der Waals surface area contributed by atoms with Crippen LogP contribution < -0.4 is 0 Å². The largest absolute Gasteiger partial charge is 0.461 e. The van der Waals surface area contributed by atoms with Gasteiger partial charge in [-0.3, -0.25) is 9.59 Å². The van der Waals surface area contributed by atoms with Gasteiger partial charge in [0.05, 0.1) is 12.5 Å². The van der Waals surface area contributed by atoms with Crippen LogP contribution in [0.1, 0.15) is 20.3 Å². The molecule has 1 heterocycles. The Morgan fingerprint density at radius 2 is 1.84 bits per heavy atom. The first-order valence-corrected chi connectivity index (χ1v) is 8.45. The molecule has 6 atom stereocenters. The molecule has 2 fully saturated rings. The van der Waals surface area contributed by atoms with Crippen molar-refractivity contribution in [1.82, 2.24) is 0 Å². The van der Waals surface area contributed by atoms with Gasteiger partial charge >= 0.3 is 11.9 Å². The van der Waals surface area contributed by atoms with Crippen molar-refractivity contribution in [2.45, 2.75) is 49.9 Å².